The maximum absolute atomic E-state index is 5.63. The smallest absolute Gasteiger partial charge is 0.127 e. The first-order chi connectivity index (χ1) is 10.8. The summed E-state index contributed by atoms with van der Waals surface area (Å²) in [6, 6.07) is 27.7. The number of benzene rings is 3. The lowest BCUT2D eigenvalue weighted by Crippen LogP contribution is -2.23. The average Bonchev–Trinajstić information content (AvgIpc) is 2.58. The van der Waals surface area contributed by atoms with Gasteiger partial charge in [-0.1, -0.05) is 72.8 Å². The molecule has 0 bridgehead atoms. The molecular weight excluding hydrogens is 287 g/mol. The van der Waals surface area contributed by atoms with Gasteiger partial charge in [-0.15, -0.1) is 0 Å². The molecule has 0 fully saturated rings. The Morgan fingerprint density at radius 1 is 0.682 bits per heavy atom. The molecular formula is C20H19OP. The van der Waals surface area contributed by atoms with Crippen molar-refractivity contribution in [2.75, 3.05) is 7.11 Å². The van der Waals surface area contributed by atoms with Crippen molar-refractivity contribution in [2.45, 2.75) is 6.92 Å². The molecule has 2 heteroatoms. The van der Waals surface area contributed by atoms with E-state index < -0.39 is 7.92 Å². The Balaban J connectivity index is 2.22. The Morgan fingerprint density at radius 3 is 1.95 bits per heavy atom. The standard InChI is InChI=1S/C20H19OP/c1-16-10-6-8-14-19(16)22(17-11-4-3-5-12-17)20-15-9-7-13-18(20)21-2/h3-15H,1-2H3/t22-/m1/s1. The Morgan fingerprint density at radius 2 is 1.27 bits per heavy atom. The maximum atomic E-state index is 5.63. The molecule has 3 aromatic carbocycles. The van der Waals surface area contributed by atoms with Gasteiger partial charge in [-0.05, 0) is 37.1 Å². The van der Waals surface area contributed by atoms with E-state index in [1.807, 2.05) is 12.1 Å². The van der Waals surface area contributed by atoms with E-state index in [-0.39, 0.29) is 0 Å². The van der Waals surface area contributed by atoms with Crippen molar-refractivity contribution in [3.05, 3.63) is 84.4 Å². The fourth-order valence-corrected chi connectivity index (χ4v) is 5.18. The van der Waals surface area contributed by atoms with Crippen molar-refractivity contribution in [3.63, 3.8) is 0 Å². The molecule has 22 heavy (non-hydrogen) atoms. The number of ether oxygens (including phenoxy) is 1. The molecule has 1 atom stereocenters. The van der Waals surface area contributed by atoms with Gasteiger partial charge in [0.05, 0.1) is 7.11 Å². The van der Waals surface area contributed by atoms with Gasteiger partial charge in [-0.25, -0.2) is 0 Å². The average molecular weight is 306 g/mol. The molecule has 1 nitrogen and oxygen atoms in total. The molecule has 0 radical (unpaired) electrons. The Kier molecular flexibility index (Phi) is 4.56. The second-order valence-electron chi connectivity index (χ2n) is 5.13. The van der Waals surface area contributed by atoms with Crippen LogP contribution in [0.25, 0.3) is 0 Å². The van der Waals surface area contributed by atoms with Crippen LogP contribution in [0.3, 0.4) is 0 Å². The molecule has 0 heterocycles. The highest BCUT2D eigenvalue weighted by molar-refractivity contribution is 7.80. The van der Waals surface area contributed by atoms with Gasteiger partial charge in [0.2, 0.25) is 0 Å². The molecule has 0 aliphatic rings. The first kappa shape index (κ1) is 14.8. The van der Waals surface area contributed by atoms with E-state index in [2.05, 4.69) is 73.7 Å². The van der Waals surface area contributed by atoms with Crippen molar-refractivity contribution in [1.29, 1.82) is 0 Å². The summed E-state index contributed by atoms with van der Waals surface area (Å²) >= 11 is 0. The van der Waals surface area contributed by atoms with E-state index in [0.717, 1.165) is 5.75 Å². The minimum absolute atomic E-state index is 0.618. The van der Waals surface area contributed by atoms with Crippen molar-refractivity contribution in [3.8, 4) is 5.75 Å². The summed E-state index contributed by atoms with van der Waals surface area (Å²) in [6.07, 6.45) is 0. The van der Waals surface area contributed by atoms with Gasteiger partial charge in [0.1, 0.15) is 5.75 Å². The van der Waals surface area contributed by atoms with Crippen LogP contribution in [0.1, 0.15) is 5.56 Å². The van der Waals surface area contributed by atoms with Crippen LogP contribution in [0.4, 0.5) is 0 Å². The van der Waals surface area contributed by atoms with Gasteiger partial charge in [0, 0.05) is 5.30 Å². The Bertz CT molecular complexity index is 752. The molecule has 0 saturated carbocycles. The summed E-state index contributed by atoms with van der Waals surface area (Å²) in [7, 11) is 1.13. The molecule has 0 saturated heterocycles. The normalized spacial score (nSPS) is 11.9. The molecule has 0 aliphatic carbocycles. The van der Waals surface area contributed by atoms with Crippen LogP contribution >= 0.6 is 7.92 Å². The molecule has 3 aromatic rings. The zero-order valence-electron chi connectivity index (χ0n) is 12.9. The van der Waals surface area contributed by atoms with Gasteiger partial charge < -0.3 is 4.74 Å². The number of aryl methyl sites for hydroxylation is 1. The van der Waals surface area contributed by atoms with Crippen LogP contribution in [0.15, 0.2) is 78.9 Å². The van der Waals surface area contributed by atoms with Crippen LogP contribution in [0.2, 0.25) is 0 Å². The minimum atomic E-state index is -0.618. The molecule has 0 amide bonds. The number of methoxy groups -OCH3 is 1. The van der Waals surface area contributed by atoms with Crippen molar-refractivity contribution >= 4 is 23.8 Å². The van der Waals surface area contributed by atoms with E-state index in [1.54, 1.807) is 7.11 Å². The Hall–Kier alpha value is -2.11. The van der Waals surface area contributed by atoms with Crippen LogP contribution in [0.5, 0.6) is 5.75 Å². The summed E-state index contributed by atoms with van der Waals surface area (Å²) in [5.74, 6) is 0.959. The fourth-order valence-electron chi connectivity index (χ4n) is 2.61. The third-order valence-electron chi connectivity index (χ3n) is 3.70. The minimum Gasteiger partial charge on any atom is -0.496 e. The molecule has 0 unspecified atom stereocenters. The lowest BCUT2D eigenvalue weighted by molar-refractivity contribution is 0.418. The van der Waals surface area contributed by atoms with E-state index in [1.165, 1.54) is 21.5 Å². The number of para-hydroxylation sites is 1. The maximum Gasteiger partial charge on any atom is 0.127 e. The summed E-state index contributed by atoms with van der Waals surface area (Å²) in [6.45, 7) is 2.18. The zero-order chi connectivity index (χ0) is 15.4. The quantitative estimate of drug-likeness (QED) is 0.667. The summed E-state index contributed by atoms with van der Waals surface area (Å²) < 4.78 is 5.63. The van der Waals surface area contributed by atoms with E-state index in [9.17, 15) is 0 Å². The molecule has 0 aliphatic heterocycles. The molecule has 0 N–H and O–H groups in total. The summed E-state index contributed by atoms with van der Waals surface area (Å²) in [5, 5.41) is 3.99. The molecule has 3 rings (SSSR count). The van der Waals surface area contributed by atoms with Gasteiger partial charge >= 0.3 is 0 Å². The molecule has 0 spiro atoms. The Labute approximate surface area is 133 Å². The van der Waals surface area contributed by atoms with Crippen molar-refractivity contribution in [2.24, 2.45) is 0 Å². The van der Waals surface area contributed by atoms with Crippen LogP contribution in [-0.2, 0) is 0 Å². The van der Waals surface area contributed by atoms with Gasteiger partial charge in [0.25, 0.3) is 0 Å². The summed E-state index contributed by atoms with van der Waals surface area (Å²) in [4.78, 5) is 0. The van der Waals surface area contributed by atoms with E-state index in [0.29, 0.717) is 0 Å². The highest BCUT2D eigenvalue weighted by Crippen LogP contribution is 2.37. The lowest BCUT2D eigenvalue weighted by atomic mass is 10.2. The molecule has 110 valence electrons. The van der Waals surface area contributed by atoms with E-state index >= 15 is 0 Å². The fraction of sp³-hybridized carbons (Fsp3) is 0.100. The topological polar surface area (TPSA) is 9.23 Å². The SMILES string of the molecule is COc1ccccc1[P@](c1ccccc1)c1ccccc1C. The van der Waals surface area contributed by atoms with Crippen LogP contribution in [0, 0.1) is 6.92 Å². The first-order valence-corrected chi connectivity index (χ1v) is 8.69. The highest BCUT2D eigenvalue weighted by atomic mass is 31.1. The van der Waals surface area contributed by atoms with Gasteiger partial charge in [-0.2, -0.15) is 0 Å². The zero-order valence-corrected chi connectivity index (χ0v) is 13.8. The van der Waals surface area contributed by atoms with Crippen molar-refractivity contribution < 1.29 is 4.74 Å². The summed E-state index contributed by atoms with van der Waals surface area (Å²) in [5.41, 5.74) is 1.32. The second-order valence-corrected chi connectivity index (χ2v) is 7.28. The second kappa shape index (κ2) is 6.77. The molecule has 0 aromatic heterocycles. The van der Waals surface area contributed by atoms with Gasteiger partial charge in [0.15, 0.2) is 0 Å². The largest absolute Gasteiger partial charge is 0.496 e. The predicted molar refractivity (Wildman–Crippen MR) is 96.4 cm³/mol. The van der Waals surface area contributed by atoms with Crippen LogP contribution < -0.4 is 20.7 Å². The number of hydrogen-bond acceptors (Lipinski definition) is 1. The lowest BCUT2D eigenvalue weighted by Gasteiger charge is -2.23. The predicted octanol–water partition coefficient (Wildman–Crippen LogP) is 3.76. The van der Waals surface area contributed by atoms with Crippen molar-refractivity contribution in [1.82, 2.24) is 0 Å². The van der Waals surface area contributed by atoms with E-state index in [4.69, 9.17) is 4.74 Å². The first-order valence-electron chi connectivity index (χ1n) is 7.35. The third-order valence-corrected chi connectivity index (χ3v) is 6.35. The highest BCUT2D eigenvalue weighted by Gasteiger charge is 2.20. The van der Waals surface area contributed by atoms with Crippen LogP contribution in [-0.4, -0.2) is 7.11 Å². The number of rotatable bonds is 4. The van der Waals surface area contributed by atoms with Gasteiger partial charge in [-0.3, -0.25) is 0 Å². The third kappa shape index (κ3) is 2.91. The monoisotopic (exact) mass is 306 g/mol. The number of hydrogen-bond donors (Lipinski definition) is 0.